The first-order chi connectivity index (χ1) is 13.6. The number of hydrogen-bond donors (Lipinski definition) is 0. The van der Waals surface area contributed by atoms with Crippen LogP contribution in [0.15, 0.2) is 0 Å². The lowest BCUT2D eigenvalue weighted by atomic mass is 9.94. The second-order valence-electron chi connectivity index (χ2n) is 5.68. The van der Waals surface area contributed by atoms with Crippen molar-refractivity contribution in [3.05, 3.63) is 0 Å². The lowest BCUT2D eigenvalue weighted by Gasteiger charge is -2.42. The molecule has 0 saturated carbocycles. The highest BCUT2D eigenvalue weighted by Crippen LogP contribution is 2.61. The first kappa shape index (κ1) is 30.1. The van der Waals surface area contributed by atoms with E-state index in [0.717, 1.165) is 20.8 Å². The standard InChI is InChI=1S/C13H16F14O3Si/c1-4-28-31(29-5-2,30-6-3)7(14)8(15,16)9(17,18)10(19,20)11(21,22)12(23,24)13(25,26)27/h7H,4-6H2,1-3H3. The number of alkyl halides is 14. The summed E-state index contributed by atoms with van der Waals surface area (Å²) in [5, 5.41) is 0. The van der Waals surface area contributed by atoms with Crippen LogP contribution in [0.25, 0.3) is 0 Å². The van der Waals surface area contributed by atoms with Crippen LogP contribution in [0.2, 0.25) is 0 Å². The van der Waals surface area contributed by atoms with Crippen molar-refractivity contribution in [3.63, 3.8) is 0 Å². The van der Waals surface area contributed by atoms with Gasteiger partial charge < -0.3 is 13.3 Å². The summed E-state index contributed by atoms with van der Waals surface area (Å²) in [6, 6.07) is 0. The molecule has 0 aliphatic carbocycles. The summed E-state index contributed by atoms with van der Waals surface area (Å²) in [7, 11) is -5.75. The highest BCUT2D eigenvalue weighted by molar-refractivity contribution is 6.62. The molecule has 0 heterocycles. The van der Waals surface area contributed by atoms with Crippen LogP contribution in [0, 0.1) is 0 Å². The Bertz CT molecular complexity index is 577. The van der Waals surface area contributed by atoms with Crippen LogP contribution in [0.5, 0.6) is 0 Å². The average Bonchev–Trinajstić information content (AvgIpc) is 2.59. The highest BCUT2D eigenvalue weighted by atomic mass is 28.4. The fourth-order valence-corrected chi connectivity index (χ4v) is 4.63. The summed E-state index contributed by atoms with van der Waals surface area (Å²) in [6.07, 6.45) is -7.55. The molecule has 0 aliphatic heterocycles. The quantitative estimate of drug-likeness (QED) is 0.249. The molecule has 0 aromatic rings. The maximum Gasteiger partial charge on any atom is 0.543 e. The molecule has 0 aliphatic rings. The van der Waals surface area contributed by atoms with Crippen molar-refractivity contribution in [3.8, 4) is 0 Å². The lowest BCUT2D eigenvalue weighted by Crippen LogP contribution is -2.74. The first-order valence-electron chi connectivity index (χ1n) is 8.10. The molecule has 1 atom stereocenters. The summed E-state index contributed by atoms with van der Waals surface area (Å²) in [5.74, 6) is -43.7. The van der Waals surface area contributed by atoms with Crippen LogP contribution in [0.4, 0.5) is 61.5 Å². The van der Waals surface area contributed by atoms with E-state index in [-0.39, 0.29) is 0 Å². The topological polar surface area (TPSA) is 27.7 Å². The highest BCUT2D eigenvalue weighted by Gasteiger charge is 2.92. The van der Waals surface area contributed by atoms with Crippen LogP contribution in [0.3, 0.4) is 0 Å². The summed E-state index contributed by atoms with van der Waals surface area (Å²) in [4.78, 5) is 0. The Kier molecular flexibility index (Phi) is 8.90. The van der Waals surface area contributed by atoms with E-state index in [2.05, 4.69) is 13.3 Å². The van der Waals surface area contributed by atoms with Crippen molar-refractivity contribution < 1.29 is 74.7 Å². The summed E-state index contributed by atoms with van der Waals surface area (Å²) >= 11 is 0. The fraction of sp³-hybridized carbons (Fsp3) is 1.00. The molecule has 188 valence electrons. The van der Waals surface area contributed by atoms with Crippen molar-refractivity contribution in [2.45, 2.75) is 62.4 Å². The summed E-state index contributed by atoms with van der Waals surface area (Å²) in [6.45, 7) is 0.424. The van der Waals surface area contributed by atoms with Gasteiger partial charge in [-0.3, -0.25) is 0 Å². The van der Waals surface area contributed by atoms with Crippen molar-refractivity contribution in [2.24, 2.45) is 0 Å². The number of hydrogen-bond acceptors (Lipinski definition) is 3. The fourth-order valence-electron chi connectivity index (χ4n) is 2.11. The zero-order valence-corrected chi connectivity index (χ0v) is 16.7. The number of halogens is 14. The predicted octanol–water partition coefficient (Wildman–Crippen LogP) is 5.65. The molecule has 1 unspecified atom stereocenters. The smallest absolute Gasteiger partial charge is 0.372 e. The zero-order valence-electron chi connectivity index (χ0n) is 15.7. The Labute approximate surface area is 167 Å². The van der Waals surface area contributed by atoms with Crippen LogP contribution in [-0.4, -0.2) is 70.2 Å². The summed E-state index contributed by atoms with van der Waals surface area (Å²) in [5.41, 5.74) is 0. The van der Waals surface area contributed by atoms with Crippen molar-refractivity contribution in [1.82, 2.24) is 0 Å². The summed E-state index contributed by atoms with van der Waals surface area (Å²) < 4.78 is 199. The van der Waals surface area contributed by atoms with Crippen molar-refractivity contribution >= 4 is 8.80 Å². The third-order valence-electron chi connectivity index (χ3n) is 3.62. The Morgan fingerprint density at radius 1 is 0.548 bits per heavy atom. The minimum atomic E-state index is -8.13. The van der Waals surface area contributed by atoms with Gasteiger partial charge in [-0.25, -0.2) is 4.39 Å². The van der Waals surface area contributed by atoms with Gasteiger partial charge in [0.05, 0.1) is 0 Å². The van der Waals surface area contributed by atoms with Crippen LogP contribution in [0.1, 0.15) is 20.8 Å². The zero-order chi connectivity index (χ0) is 25.3. The first-order valence-corrected chi connectivity index (χ1v) is 9.90. The van der Waals surface area contributed by atoms with E-state index >= 15 is 0 Å². The number of rotatable bonds is 12. The van der Waals surface area contributed by atoms with E-state index in [0.29, 0.717) is 0 Å². The van der Waals surface area contributed by atoms with Crippen molar-refractivity contribution in [1.29, 1.82) is 0 Å². The van der Waals surface area contributed by atoms with E-state index in [1.165, 1.54) is 0 Å². The SMILES string of the molecule is CCO[Si](OCC)(OCC)C(F)C(F)(F)C(F)(F)C(F)(F)C(F)(F)C(F)(F)C(F)(F)F. The molecule has 0 aromatic carbocycles. The van der Waals surface area contributed by atoms with Crippen LogP contribution in [-0.2, 0) is 13.3 Å². The Hall–Kier alpha value is -0.883. The predicted molar refractivity (Wildman–Crippen MR) is 76.3 cm³/mol. The van der Waals surface area contributed by atoms with E-state index < -0.39 is 70.2 Å². The molecular weight excluding hydrogens is 498 g/mol. The van der Waals surface area contributed by atoms with Gasteiger partial charge in [0.25, 0.3) is 0 Å². The second kappa shape index (κ2) is 9.16. The Morgan fingerprint density at radius 3 is 1.10 bits per heavy atom. The van der Waals surface area contributed by atoms with E-state index in [1.807, 2.05) is 0 Å². The minimum Gasteiger partial charge on any atom is -0.372 e. The molecule has 0 amide bonds. The molecule has 0 saturated heterocycles. The van der Waals surface area contributed by atoms with E-state index in [1.54, 1.807) is 0 Å². The van der Waals surface area contributed by atoms with Gasteiger partial charge in [-0.2, -0.15) is 57.1 Å². The van der Waals surface area contributed by atoms with Crippen LogP contribution < -0.4 is 0 Å². The molecule has 0 bridgehead atoms. The van der Waals surface area contributed by atoms with Crippen LogP contribution >= 0.6 is 0 Å². The van der Waals surface area contributed by atoms with Gasteiger partial charge in [-0.05, 0) is 20.8 Å². The van der Waals surface area contributed by atoms with Gasteiger partial charge in [-0.15, -0.1) is 0 Å². The normalized spacial score (nSPS) is 16.5. The van der Waals surface area contributed by atoms with Gasteiger partial charge in [0.2, 0.25) is 5.79 Å². The Balaban J connectivity index is 6.66. The van der Waals surface area contributed by atoms with Gasteiger partial charge in [0.1, 0.15) is 0 Å². The monoisotopic (exact) mass is 514 g/mol. The van der Waals surface area contributed by atoms with Crippen molar-refractivity contribution in [2.75, 3.05) is 19.8 Å². The third-order valence-corrected chi connectivity index (χ3v) is 6.68. The maximum atomic E-state index is 14.5. The van der Waals surface area contributed by atoms with E-state index in [4.69, 9.17) is 0 Å². The van der Waals surface area contributed by atoms with Gasteiger partial charge >= 0.3 is 44.6 Å². The molecule has 0 radical (unpaired) electrons. The molecule has 0 rings (SSSR count). The largest absolute Gasteiger partial charge is 0.543 e. The molecule has 0 fully saturated rings. The molecule has 0 N–H and O–H groups in total. The van der Waals surface area contributed by atoms with Gasteiger partial charge in [-0.1, -0.05) is 0 Å². The maximum absolute atomic E-state index is 14.5. The molecule has 0 spiro atoms. The molecule has 0 aromatic heterocycles. The molecule has 18 heteroatoms. The van der Waals surface area contributed by atoms with Gasteiger partial charge in [0, 0.05) is 19.8 Å². The van der Waals surface area contributed by atoms with E-state index in [9.17, 15) is 61.5 Å². The molecular formula is C13H16F14O3Si. The minimum absolute atomic E-state index is 0.813. The second-order valence-corrected chi connectivity index (χ2v) is 8.26. The third kappa shape index (κ3) is 4.61. The lowest BCUT2D eigenvalue weighted by molar-refractivity contribution is -0.442. The molecule has 31 heavy (non-hydrogen) atoms. The average molecular weight is 514 g/mol. The van der Waals surface area contributed by atoms with Gasteiger partial charge in [0.15, 0.2) is 0 Å². The Morgan fingerprint density at radius 2 is 0.839 bits per heavy atom. The molecule has 3 nitrogen and oxygen atoms in total.